The summed E-state index contributed by atoms with van der Waals surface area (Å²) in [6, 6.07) is 7.68. The van der Waals surface area contributed by atoms with E-state index in [1.54, 1.807) is 19.4 Å². The smallest absolute Gasteiger partial charge is 0.260 e. The lowest BCUT2D eigenvalue weighted by Crippen LogP contribution is -1.89. The van der Waals surface area contributed by atoms with Gasteiger partial charge in [0.2, 0.25) is 0 Å². The summed E-state index contributed by atoms with van der Waals surface area (Å²) in [7, 11) is 0. The van der Waals surface area contributed by atoms with Gasteiger partial charge in [-0.2, -0.15) is 0 Å². The van der Waals surface area contributed by atoms with Crippen molar-refractivity contribution in [2.75, 3.05) is 0 Å². The fourth-order valence-electron chi connectivity index (χ4n) is 1.18. The molecule has 0 fully saturated rings. The Morgan fingerprint density at radius 1 is 1.33 bits per heavy atom. The zero-order valence-corrected chi connectivity index (χ0v) is 9.07. The van der Waals surface area contributed by atoms with Crippen LogP contribution in [0, 0.1) is 0 Å². The monoisotopic (exact) mass is 221 g/mol. The molecule has 78 valence electrons. The average Bonchev–Trinajstić information content (AvgIpc) is 2.71. The Kier molecular flexibility index (Phi) is 3.08. The first-order valence-corrected chi connectivity index (χ1v) is 5.43. The number of rotatable bonds is 3. The van der Waals surface area contributed by atoms with E-state index in [0.29, 0.717) is 5.22 Å². The van der Waals surface area contributed by atoms with Gasteiger partial charge in [0, 0.05) is 4.90 Å². The van der Waals surface area contributed by atoms with E-state index < -0.39 is 6.10 Å². The molecule has 0 radical (unpaired) electrons. The van der Waals surface area contributed by atoms with Crippen LogP contribution in [0.4, 0.5) is 0 Å². The van der Waals surface area contributed by atoms with Crippen molar-refractivity contribution in [3.63, 3.8) is 0 Å². The van der Waals surface area contributed by atoms with Crippen LogP contribution in [-0.4, -0.2) is 10.1 Å². The summed E-state index contributed by atoms with van der Waals surface area (Å²) >= 11 is 1.46. The third kappa shape index (κ3) is 2.61. The Labute approximate surface area is 92.1 Å². The Morgan fingerprint density at radius 2 is 2.07 bits per heavy atom. The van der Waals surface area contributed by atoms with Gasteiger partial charge in [-0.25, -0.2) is 4.98 Å². The lowest BCUT2D eigenvalue weighted by molar-refractivity contribution is 0.199. The second kappa shape index (κ2) is 4.51. The number of aromatic nitrogens is 1. The fourth-order valence-corrected chi connectivity index (χ4v) is 1.87. The molecule has 0 aliphatic carbocycles. The molecule has 0 saturated carbocycles. The van der Waals surface area contributed by atoms with Gasteiger partial charge in [0.1, 0.15) is 6.26 Å². The van der Waals surface area contributed by atoms with Crippen molar-refractivity contribution in [2.45, 2.75) is 23.1 Å². The summed E-state index contributed by atoms with van der Waals surface area (Å²) in [5.41, 5.74) is 0.909. The summed E-state index contributed by atoms with van der Waals surface area (Å²) in [4.78, 5) is 5.06. The fraction of sp³-hybridized carbons (Fsp3) is 0.182. The van der Waals surface area contributed by atoms with Gasteiger partial charge in [0.15, 0.2) is 0 Å². The molecule has 1 N–H and O–H groups in total. The minimum absolute atomic E-state index is 0.425. The topological polar surface area (TPSA) is 46.3 Å². The second-order valence-corrected chi connectivity index (χ2v) is 4.17. The number of hydrogen-bond acceptors (Lipinski definition) is 4. The van der Waals surface area contributed by atoms with Crippen LogP contribution in [0.3, 0.4) is 0 Å². The molecular weight excluding hydrogens is 210 g/mol. The minimum Gasteiger partial charge on any atom is -0.440 e. The number of benzene rings is 1. The molecule has 2 aromatic rings. The molecule has 0 saturated heterocycles. The van der Waals surface area contributed by atoms with E-state index in [-0.39, 0.29) is 0 Å². The first-order chi connectivity index (χ1) is 7.25. The Bertz CT molecular complexity index is 409. The first kappa shape index (κ1) is 10.3. The van der Waals surface area contributed by atoms with Gasteiger partial charge in [-0.3, -0.25) is 0 Å². The molecule has 1 heterocycles. The molecular formula is C11H11NO2S. The van der Waals surface area contributed by atoms with E-state index in [9.17, 15) is 5.11 Å². The van der Waals surface area contributed by atoms with E-state index >= 15 is 0 Å². The summed E-state index contributed by atoms with van der Waals surface area (Å²) < 4.78 is 5.12. The van der Waals surface area contributed by atoms with E-state index in [1.807, 2.05) is 24.3 Å². The SMILES string of the molecule is C[C@H](O)c1ccc(Sc2ncco2)cc1. The lowest BCUT2D eigenvalue weighted by atomic mass is 10.1. The van der Waals surface area contributed by atoms with Crippen LogP contribution in [0.1, 0.15) is 18.6 Å². The third-order valence-corrected chi connectivity index (χ3v) is 2.86. The Hall–Kier alpha value is -1.26. The van der Waals surface area contributed by atoms with Gasteiger partial charge >= 0.3 is 0 Å². The maximum atomic E-state index is 9.33. The zero-order valence-electron chi connectivity index (χ0n) is 8.25. The van der Waals surface area contributed by atoms with Gasteiger partial charge in [-0.15, -0.1) is 0 Å². The molecule has 15 heavy (non-hydrogen) atoms. The summed E-state index contributed by atoms with van der Waals surface area (Å²) in [5.74, 6) is 0. The highest BCUT2D eigenvalue weighted by Gasteiger charge is 2.03. The highest BCUT2D eigenvalue weighted by Crippen LogP contribution is 2.26. The van der Waals surface area contributed by atoms with Crippen LogP contribution in [0.15, 0.2) is 51.3 Å². The maximum Gasteiger partial charge on any atom is 0.260 e. The van der Waals surface area contributed by atoms with Crippen LogP contribution < -0.4 is 0 Å². The predicted molar refractivity (Wildman–Crippen MR) is 57.7 cm³/mol. The molecule has 1 aromatic carbocycles. The van der Waals surface area contributed by atoms with Crippen molar-refractivity contribution in [2.24, 2.45) is 0 Å². The molecule has 2 rings (SSSR count). The highest BCUT2D eigenvalue weighted by molar-refractivity contribution is 7.99. The Morgan fingerprint density at radius 3 is 2.60 bits per heavy atom. The lowest BCUT2D eigenvalue weighted by Gasteiger charge is -2.04. The largest absolute Gasteiger partial charge is 0.440 e. The molecule has 0 bridgehead atoms. The van der Waals surface area contributed by atoms with Crippen molar-refractivity contribution in [1.29, 1.82) is 0 Å². The minimum atomic E-state index is -0.425. The van der Waals surface area contributed by atoms with Gasteiger partial charge in [-0.05, 0) is 36.4 Å². The zero-order chi connectivity index (χ0) is 10.7. The van der Waals surface area contributed by atoms with Crippen LogP contribution in [0.25, 0.3) is 0 Å². The van der Waals surface area contributed by atoms with Crippen LogP contribution in [0.5, 0.6) is 0 Å². The van der Waals surface area contributed by atoms with Crippen molar-refractivity contribution < 1.29 is 9.52 Å². The second-order valence-electron chi connectivity index (χ2n) is 3.15. The van der Waals surface area contributed by atoms with E-state index in [0.717, 1.165) is 10.5 Å². The van der Waals surface area contributed by atoms with Crippen molar-refractivity contribution in [1.82, 2.24) is 4.98 Å². The van der Waals surface area contributed by atoms with Crippen molar-refractivity contribution >= 4 is 11.8 Å². The number of oxazole rings is 1. The van der Waals surface area contributed by atoms with Gasteiger partial charge in [-0.1, -0.05) is 12.1 Å². The van der Waals surface area contributed by atoms with Crippen LogP contribution in [-0.2, 0) is 0 Å². The summed E-state index contributed by atoms with van der Waals surface area (Å²) in [5, 5.41) is 9.96. The molecule has 1 atom stereocenters. The van der Waals surface area contributed by atoms with Crippen molar-refractivity contribution in [3.05, 3.63) is 42.3 Å². The normalized spacial score (nSPS) is 12.7. The van der Waals surface area contributed by atoms with Crippen LogP contribution in [0.2, 0.25) is 0 Å². The molecule has 0 spiro atoms. The number of hydrogen-bond donors (Lipinski definition) is 1. The average molecular weight is 221 g/mol. The number of aliphatic hydroxyl groups excluding tert-OH is 1. The highest BCUT2D eigenvalue weighted by atomic mass is 32.2. The molecule has 3 nitrogen and oxygen atoms in total. The molecule has 0 amide bonds. The maximum absolute atomic E-state index is 9.33. The molecule has 0 aliphatic heterocycles. The molecule has 0 unspecified atom stereocenters. The van der Waals surface area contributed by atoms with Gasteiger partial charge in [0.25, 0.3) is 5.22 Å². The van der Waals surface area contributed by atoms with E-state index in [2.05, 4.69) is 4.98 Å². The summed E-state index contributed by atoms with van der Waals surface area (Å²) in [6.07, 6.45) is 2.74. The third-order valence-electron chi connectivity index (χ3n) is 1.98. The number of aliphatic hydroxyl groups is 1. The number of nitrogens with zero attached hydrogens (tertiary/aromatic N) is 1. The molecule has 0 aliphatic rings. The van der Waals surface area contributed by atoms with E-state index in [4.69, 9.17) is 4.42 Å². The molecule has 1 aromatic heterocycles. The predicted octanol–water partition coefficient (Wildman–Crippen LogP) is 2.88. The van der Waals surface area contributed by atoms with Gasteiger partial charge in [0.05, 0.1) is 12.3 Å². The molecule has 4 heteroatoms. The standard InChI is InChI=1S/C11H11NO2S/c1-8(13)9-2-4-10(5-3-9)15-11-12-6-7-14-11/h2-8,13H,1H3/t8-/m0/s1. The van der Waals surface area contributed by atoms with Crippen molar-refractivity contribution in [3.8, 4) is 0 Å². The van der Waals surface area contributed by atoms with Gasteiger partial charge < -0.3 is 9.52 Å². The van der Waals surface area contributed by atoms with Crippen LogP contribution >= 0.6 is 11.8 Å². The van der Waals surface area contributed by atoms with E-state index in [1.165, 1.54) is 11.8 Å². The quantitative estimate of drug-likeness (QED) is 0.865. The first-order valence-electron chi connectivity index (χ1n) is 4.61. The summed E-state index contributed by atoms with van der Waals surface area (Å²) in [6.45, 7) is 1.75. The Balaban J connectivity index is 2.11.